The summed E-state index contributed by atoms with van der Waals surface area (Å²) < 4.78 is 16.1. The van der Waals surface area contributed by atoms with E-state index in [1.54, 1.807) is 73.8 Å². The van der Waals surface area contributed by atoms with Crippen LogP contribution in [0.4, 0.5) is 5.69 Å². The predicted octanol–water partition coefficient (Wildman–Crippen LogP) is 4.55. The summed E-state index contributed by atoms with van der Waals surface area (Å²) in [6.45, 7) is 1.88. The van der Waals surface area contributed by atoms with Crippen LogP contribution in [0.25, 0.3) is 0 Å². The minimum Gasteiger partial charge on any atom is -0.497 e. The number of nitrogens with one attached hydrogen (secondary N) is 1. The maximum absolute atomic E-state index is 13.0. The van der Waals surface area contributed by atoms with E-state index in [0.717, 1.165) is 5.56 Å². The van der Waals surface area contributed by atoms with Crippen LogP contribution in [-0.4, -0.2) is 26.1 Å². The van der Waals surface area contributed by atoms with Crippen molar-refractivity contribution in [3.8, 4) is 11.5 Å². The van der Waals surface area contributed by atoms with Gasteiger partial charge in [-0.05, 0) is 36.8 Å². The van der Waals surface area contributed by atoms with Crippen molar-refractivity contribution in [2.24, 2.45) is 0 Å². The Kier molecular flexibility index (Phi) is 6.70. The summed E-state index contributed by atoms with van der Waals surface area (Å²) in [4.78, 5) is 25.8. The van der Waals surface area contributed by atoms with Crippen molar-refractivity contribution in [2.45, 2.75) is 13.0 Å². The molecule has 3 rings (SSSR count). The molecule has 1 N–H and O–H groups in total. The number of hydrogen-bond donors (Lipinski definition) is 1. The highest BCUT2D eigenvalue weighted by Crippen LogP contribution is 2.25. The van der Waals surface area contributed by atoms with Crippen LogP contribution in [0.1, 0.15) is 27.6 Å². The quantitative estimate of drug-likeness (QED) is 0.584. The highest BCUT2D eigenvalue weighted by Gasteiger charge is 2.26. The zero-order valence-corrected chi connectivity index (χ0v) is 17.0. The van der Waals surface area contributed by atoms with Gasteiger partial charge < -0.3 is 19.5 Å². The lowest BCUT2D eigenvalue weighted by atomic mass is 10.1. The summed E-state index contributed by atoms with van der Waals surface area (Å²) in [5.41, 5.74) is 2.29. The number of anilines is 1. The molecule has 3 aromatic carbocycles. The van der Waals surface area contributed by atoms with Gasteiger partial charge in [0.1, 0.15) is 11.5 Å². The second-order valence-electron chi connectivity index (χ2n) is 6.60. The fourth-order valence-electron chi connectivity index (χ4n) is 2.93. The molecule has 0 aliphatic heterocycles. The summed E-state index contributed by atoms with van der Waals surface area (Å²) in [5.74, 6) is 0.0826. The lowest BCUT2D eigenvalue weighted by Gasteiger charge is -2.19. The van der Waals surface area contributed by atoms with E-state index < -0.39 is 18.0 Å². The molecule has 30 heavy (non-hydrogen) atoms. The Morgan fingerprint density at radius 1 is 0.867 bits per heavy atom. The van der Waals surface area contributed by atoms with Gasteiger partial charge in [-0.3, -0.25) is 4.79 Å². The normalized spacial score (nSPS) is 11.3. The molecule has 0 fully saturated rings. The number of amides is 1. The van der Waals surface area contributed by atoms with Gasteiger partial charge in [0.05, 0.1) is 19.8 Å². The number of rotatable bonds is 7. The van der Waals surface area contributed by atoms with Crippen LogP contribution in [0.3, 0.4) is 0 Å². The van der Waals surface area contributed by atoms with E-state index in [4.69, 9.17) is 14.2 Å². The van der Waals surface area contributed by atoms with E-state index in [0.29, 0.717) is 28.3 Å². The van der Waals surface area contributed by atoms with Gasteiger partial charge in [0, 0.05) is 17.3 Å². The maximum atomic E-state index is 13.0. The van der Waals surface area contributed by atoms with Crippen LogP contribution in [0.5, 0.6) is 11.5 Å². The van der Waals surface area contributed by atoms with Gasteiger partial charge >= 0.3 is 5.97 Å². The Morgan fingerprint density at radius 2 is 1.63 bits per heavy atom. The molecular formula is C24H23NO5. The standard InChI is InChI=1S/C24H23NO5/c1-16-12-13-18(14-21(16)29-3)24(27)30-22(17-8-5-4-6-9-17)23(26)25-19-10-7-11-20(15-19)28-2/h4-15,22H,1-3H3,(H,25,26)/t22-/m1/s1. The first-order valence-electron chi connectivity index (χ1n) is 9.37. The monoisotopic (exact) mass is 405 g/mol. The Balaban J connectivity index is 1.85. The molecule has 1 atom stereocenters. The smallest absolute Gasteiger partial charge is 0.339 e. The average molecular weight is 405 g/mol. The Bertz CT molecular complexity index is 1030. The summed E-state index contributed by atoms with van der Waals surface area (Å²) in [5, 5.41) is 2.78. The van der Waals surface area contributed by atoms with Crippen molar-refractivity contribution < 1.29 is 23.8 Å². The minimum atomic E-state index is -1.13. The molecule has 0 saturated heterocycles. The molecular weight excluding hydrogens is 382 g/mol. The second kappa shape index (κ2) is 9.60. The molecule has 1 amide bonds. The Hall–Kier alpha value is -3.80. The molecule has 6 heteroatoms. The first-order valence-corrected chi connectivity index (χ1v) is 9.37. The third kappa shape index (κ3) is 4.97. The summed E-state index contributed by atoms with van der Waals surface area (Å²) >= 11 is 0. The van der Waals surface area contributed by atoms with Crippen molar-refractivity contribution in [3.63, 3.8) is 0 Å². The number of ether oxygens (including phenoxy) is 3. The number of esters is 1. The summed E-state index contributed by atoms with van der Waals surface area (Å²) in [7, 11) is 3.08. The molecule has 0 unspecified atom stereocenters. The molecule has 0 bridgehead atoms. The van der Waals surface area contributed by atoms with Crippen LogP contribution in [0, 0.1) is 6.92 Å². The van der Waals surface area contributed by atoms with Crippen molar-refractivity contribution in [2.75, 3.05) is 19.5 Å². The highest BCUT2D eigenvalue weighted by molar-refractivity contribution is 5.98. The van der Waals surface area contributed by atoms with Gasteiger partial charge in [0.25, 0.3) is 5.91 Å². The SMILES string of the molecule is COc1cccc(NC(=O)[C@H](OC(=O)c2ccc(C)c(OC)c2)c2ccccc2)c1. The first kappa shape index (κ1) is 20.9. The molecule has 3 aromatic rings. The van der Waals surface area contributed by atoms with Gasteiger partial charge in [-0.25, -0.2) is 4.79 Å². The largest absolute Gasteiger partial charge is 0.497 e. The zero-order chi connectivity index (χ0) is 21.5. The second-order valence-corrected chi connectivity index (χ2v) is 6.60. The zero-order valence-electron chi connectivity index (χ0n) is 17.0. The summed E-state index contributed by atoms with van der Waals surface area (Å²) in [6, 6.07) is 20.8. The maximum Gasteiger partial charge on any atom is 0.339 e. The summed E-state index contributed by atoms with van der Waals surface area (Å²) in [6.07, 6.45) is -1.13. The Labute approximate surface area is 175 Å². The van der Waals surface area contributed by atoms with Crippen molar-refractivity contribution in [3.05, 3.63) is 89.5 Å². The number of methoxy groups -OCH3 is 2. The van der Waals surface area contributed by atoms with E-state index in [2.05, 4.69) is 5.32 Å². The molecule has 0 saturated carbocycles. The predicted molar refractivity (Wildman–Crippen MR) is 114 cm³/mol. The average Bonchev–Trinajstić information content (AvgIpc) is 2.78. The number of benzene rings is 3. The van der Waals surface area contributed by atoms with Gasteiger partial charge in [0.15, 0.2) is 0 Å². The van der Waals surface area contributed by atoms with Crippen LogP contribution in [0.15, 0.2) is 72.8 Å². The molecule has 0 radical (unpaired) electrons. The van der Waals surface area contributed by atoms with E-state index in [9.17, 15) is 9.59 Å². The van der Waals surface area contributed by atoms with Crippen LogP contribution >= 0.6 is 0 Å². The van der Waals surface area contributed by atoms with Gasteiger partial charge in [-0.2, -0.15) is 0 Å². The molecule has 0 aliphatic carbocycles. The fourth-order valence-corrected chi connectivity index (χ4v) is 2.93. The lowest BCUT2D eigenvalue weighted by Crippen LogP contribution is -2.26. The molecule has 0 aliphatic rings. The highest BCUT2D eigenvalue weighted by atomic mass is 16.5. The number of hydrogen-bond acceptors (Lipinski definition) is 5. The van der Waals surface area contributed by atoms with E-state index in [1.807, 2.05) is 13.0 Å². The molecule has 0 aromatic heterocycles. The first-order chi connectivity index (χ1) is 14.5. The van der Waals surface area contributed by atoms with E-state index in [1.165, 1.54) is 7.11 Å². The number of aryl methyl sites for hydroxylation is 1. The Morgan fingerprint density at radius 3 is 2.33 bits per heavy atom. The number of carbonyl (C=O) groups excluding carboxylic acids is 2. The lowest BCUT2D eigenvalue weighted by molar-refractivity contribution is -0.125. The van der Waals surface area contributed by atoms with Gasteiger partial charge in [-0.1, -0.05) is 42.5 Å². The van der Waals surface area contributed by atoms with Crippen molar-refractivity contribution in [1.82, 2.24) is 0 Å². The minimum absolute atomic E-state index is 0.299. The van der Waals surface area contributed by atoms with Gasteiger partial charge in [-0.15, -0.1) is 0 Å². The van der Waals surface area contributed by atoms with Crippen LogP contribution in [-0.2, 0) is 9.53 Å². The van der Waals surface area contributed by atoms with Gasteiger partial charge in [0.2, 0.25) is 6.10 Å². The molecule has 0 spiro atoms. The molecule has 0 heterocycles. The third-order valence-corrected chi connectivity index (χ3v) is 4.55. The van der Waals surface area contributed by atoms with E-state index in [-0.39, 0.29) is 0 Å². The van der Waals surface area contributed by atoms with Crippen LogP contribution in [0.2, 0.25) is 0 Å². The van der Waals surface area contributed by atoms with Crippen molar-refractivity contribution >= 4 is 17.6 Å². The molecule has 154 valence electrons. The van der Waals surface area contributed by atoms with Crippen LogP contribution < -0.4 is 14.8 Å². The number of carbonyl (C=O) groups is 2. The third-order valence-electron chi connectivity index (χ3n) is 4.55. The molecule has 6 nitrogen and oxygen atoms in total. The topological polar surface area (TPSA) is 73.9 Å². The van der Waals surface area contributed by atoms with E-state index >= 15 is 0 Å². The fraction of sp³-hybridized carbons (Fsp3) is 0.167. The van der Waals surface area contributed by atoms with Crippen molar-refractivity contribution in [1.29, 1.82) is 0 Å².